The van der Waals surface area contributed by atoms with Crippen molar-refractivity contribution in [1.82, 2.24) is 3.97 Å². The SMILES string of the molecule is Cc1ccccc1-c1cc2cc(Br)ccc2n1S(=O)(=O)c1ccccc1. The van der Waals surface area contributed by atoms with Crippen LogP contribution in [0.3, 0.4) is 0 Å². The second-order valence-corrected chi connectivity index (χ2v) is 8.83. The van der Waals surface area contributed by atoms with Crippen LogP contribution in [0, 0.1) is 6.92 Å². The molecule has 0 saturated carbocycles. The molecule has 0 radical (unpaired) electrons. The first kappa shape index (κ1) is 17.1. The standard InChI is InChI=1S/C21H16BrNO2S/c1-15-7-5-6-10-19(15)21-14-16-13-17(22)11-12-20(16)23(21)26(24,25)18-8-3-2-4-9-18/h2-14H,1H3. The highest BCUT2D eigenvalue weighted by Crippen LogP contribution is 2.34. The predicted octanol–water partition coefficient (Wildman–Crippen LogP) is 5.62. The Hall–Kier alpha value is -2.37. The summed E-state index contributed by atoms with van der Waals surface area (Å²) in [4.78, 5) is 0.273. The molecular formula is C21H16BrNO2S. The third kappa shape index (κ3) is 2.77. The smallest absolute Gasteiger partial charge is 0.233 e. The van der Waals surface area contributed by atoms with Gasteiger partial charge in [0.1, 0.15) is 0 Å². The van der Waals surface area contributed by atoms with Crippen molar-refractivity contribution in [1.29, 1.82) is 0 Å². The van der Waals surface area contributed by atoms with E-state index in [4.69, 9.17) is 0 Å². The van der Waals surface area contributed by atoms with Crippen LogP contribution >= 0.6 is 15.9 Å². The zero-order valence-corrected chi connectivity index (χ0v) is 16.5. The van der Waals surface area contributed by atoms with E-state index in [1.807, 2.05) is 61.5 Å². The fourth-order valence-electron chi connectivity index (χ4n) is 3.17. The van der Waals surface area contributed by atoms with Gasteiger partial charge in [0, 0.05) is 15.4 Å². The maximum Gasteiger partial charge on any atom is 0.268 e. The van der Waals surface area contributed by atoms with Gasteiger partial charge in [0.25, 0.3) is 10.0 Å². The van der Waals surface area contributed by atoms with Crippen molar-refractivity contribution in [3.8, 4) is 11.3 Å². The molecule has 1 heterocycles. The number of hydrogen-bond donors (Lipinski definition) is 0. The summed E-state index contributed by atoms with van der Waals surface area (Å²) in [5.41, 5.74) is 3.26. The van der Waals surface area contributed by atoms with Crippen LogP contribution < -0.4 is 0 Å². The van der Waals surface area contributed by atoms with Gasteiger partial charge in [-0.2, -0.15) is 0 Å². The Morgan fingerprint density at radius 2 is 1.54 bits per heavy atom. The van der Waals surface area contributed by atoms with Gasteiger partial charge >= 0.3 is 0 Å². The highest BCUT2D eigenvalue weighted by atomic mass is 79.9. The number of nitrogens with zero attached hydrogens (tertiary/aromatic N) is 1. The molecule has 3 nitrogen and oxygen atoms in total. The molecule has 0 spiro atoms. The zero-order valence-electron chi connectivity index (χ0n) is 14.1. The lowest BCUT2D eigenvalue weighted by Crippen LogP contribution is -2.14. The first-order valence-electron chi connectivity index (χ1n) is 8.16. The molecule has 0 unspecified atom stereocenters. The first-order valence-corrected chi connectivity index (χ1v) is 10.4. The summed E-state index contributed by atoms with van der Waals surface area (Å²) in [6.45, 7) is 1.99. The Kier molecular flexibility index (Phi) is 4.21. The van der Waals surface area contributed by atoms with Gasteiger partial charge in [-0.25, -0.2) is 12.4 Å². The summed E-state index contributed by atoms with van der Waals surface area (Å²) in [6, 6.07) is 23.9. The first-order chi connectivity index (χ1) is 12.5. The highest BCUT2D eigenvalue weighted by molar-refractivity contribution is 9.10. The second-order valence-electron chi connectivity index (χ2n) is 6.13. The van der Waals surface area contributed by atoms with Crippen molar-refractivity contribution >= 4 is 36.9 Å². The van der Waals surface area contributed by atoms with Gasteiger partial charge in [-0.15, -0.1) is 0 Å². The minimum absolute atomic E-state index is 0.273. The average molecular weight is 426 g/mol. The van der Waals surface area contributed by atoms with Crippen LogP contribution in [0.2, 0.25) is 0 Å². The van der Waals surface area contributed by atoms with Crippen LogP contribution in [-0.4, -0.2) is 12.4 Å². The van der Waals surface area contributed by atoms with E-state index < -0.39 is 10.0 Å². The normalized spacial score (nSPS) is 11.8. The molecule has 0 saturated heterocycles. The van der Waals surface area contributed by atoms with Gasteiger partial charge in [-0.3, -0.25) is 0 Å². The van der Waals surface area contributed by atoms with E-state index in [9.17, 15) is 8.42 Å². The van der Waals surface area contributed by atoms with E-state index in [-0.39, 0.29) is 4.90 Å². The Morgan fingerprint density at radius 3 is 2.27 bits per heavy atom. The van der Waals surface area contributed by atoms with Crippen LogP contribution in [0.25, 0.3) is 22.2 Å². The maximum absolute atomic E-state index is 13.5. The van der Waals surface area contributed by atoms with Gasteiger partial charge in [0.15, 0.2) is 0 Å². The Labute approximate surface area is 161 Å². The average Bonchev–Trinajstić information content (AvgIpc) is 3.01. The summed E-state index contributed by atoms with van der Waals surface area (Å²) in [7, 11) is -3.73. The fraction of sp³-hybridized carbons (Fsp3) is 0.0476. The number of hydrogen-bond acceptors (Lipinski definition) is 2. The largest absolute Gasteiger partial charge is 0.268 e. The summed E-state index contributed by atoms with van der Waals surface area (Å²) in [6.07, 6.45) is 0. The van der Waals surface area contributed by atoms with Crippen molar-refractivity contribution in [3.05, 3.63) is 88.9 Å². The van der Waals surface area contributed by atoms with Crippen LogP contribution in [0.15, 0.2) is 88.2 Å². The van der Waals surface area contributed by atoms with Gasteiger partial charge in [-0.1, -0.05) is 58.4 Å². The number of fused-ring (bicyclic) bond motifs is 1. The lowest BCUT2D eigenvalue weighted by Gasteiger charge is -2.13. The molecule has 0 aliphatic rings. The van der Waals surface area contributed by atoms with Gasteiger partial charge in [0.05, 0.1) is 16.1 Å². The minimum atomic E-state index is -3.73. The quantitative estimate of drug-likeness (QED) is 0.427. The summed E-state index contributed by atoms with van der Waals surface area (Å²) in [5, 5.41) is 0.872. The third-order valence-electron chi connectivity index (χ3n) is 4.42. The Balaban J connectivity index is 2.11. The summed E-state index contributed by atoms with van der Waals surface area (Å²) < 4.78 is 29.3. The molecule has 0 aliphatic heterocycles. The Morgan fingerprint density at radius 1 is 0.846 bits per heavy atom. The minimum Gasteiger partial charge on any atom is -0.233 e. The van der Waals surface area contributed by atoms with Crippen molar-refractivity contribution in [2.24, 2.45) is 0 Å². The van der Waals surface area contributed by atoms with Crippen LogP contribution in [0.5, 0.6) is 0 Å². The molecule has 5 heteroatoms. The van der Waals surface area contributed by atoms with Crippen molar-refractivity contribution in [2.75, 3.05) is 0 Å². The monoisotopic (exact) mass is 425 g/mol. The van der Waals surface area contributed by atoms with E-state index in [0.717, 1.165) is 21.0 Å². The molecule has 0 N–H and O–H groups in total. The number of halogens is 1. The Bertz CT molecular complexity index is 1210. The highest BCUT2D eigenvalue weighted by Gasteiger charge is 2.24. The van der Waals surface area contributed by atoms with Gasteiger partial charge in [-0.05, 0) is 48.9 Å². The van der Waals surface area contributed by atoms with E-state index in [0.29, 0.717) is 11.2 Å². The molecule has 3 aromatic carbocycles. The van der Waals surface area contributed by atoms with E-state index >= 15 is 0 Å². The van der Waals surface area contributed by atoms with E-state index in [1.165, 1.54) is 3.97 Å². The molecule has 0 fully saturated rings. The number of benzene rings is 3. The molecule has 0 atom stereocenters. The molecule has 1 aromatic heterocycles. The fourth-order valence-corrected chi connectivity index (χ4v) is 5.09. The molecule has 130 valence electrons. The molecular weight excluding hydrogens is 410 g/mol. The van der Waals surface area contributed by atoms with E-state index in [2.05, 4.69) is 15.9 Å². The van der Waals surface area contributed by atoms with Gasteiger partial charge < -0.3 is 0 Å². The van der Waals surface area contributed by atoms with E-state index in [1.54, 1.807) is 24.3 Å². The topological polar surface area (TPSA) is 39.1 Å². The van der Waals surface area contributed by atoms with Crippen LogP contribution in [0.1, 0.15) is 5.56 Å². The summed E-state index contributed by atoms with van der Waals surface area (Å²) >= 11 is 3.47. The maximum atomic E-state index is 13.5. The molecule has 0 bridgehead atoms. The van der Waals surface area contributed by atoms with Crippen molar-refractivity contribution in [3.63, 3.8) is 0 Å². The molecule has 26 heavy (non-hydrogen) atoms. The van der Waals surface area contributed by atoms with Crippen molar-refractivity contribution in [2.45, 2.75) is 11.8 Å². The summed E-state index contributed by atoms with van der Waals surface area (Å²) in [5.74, 6) is 0. The molecule has 4 rings (SSSR count). The lowest BCUT2D eigenvalue weighted by molar-refractivity contribution is 0.589. The zero-order chi connectivity index (χ0) is 18.3. The third-order valence-corrected chi connectivity index (χ3v) is 6.66. The van der Waals surface area contributed by atoms with Crippen LogP contribution in [-0.2, 0) is 10.0 Å². The van der Waals surface area contributed by atoms with Crippen LogP contribution in [0.4, 0.5) is 0 Å². The predicted molar refractivity (Wildman–Crippen MR) is 109 cm³/mol. The number of aryl methyl sites for hydroxylation is 1. The molecule has 0 aliphatic carbocycles. The lowest BCUT2D eigenvalue weighted by atomic mass is 10.1. The molecule has 4 aromatic rings. The second kappa shape index (κ2) is 6.41. The number of aromatic nitrogens is 1. The van der Waals surface area contributed by atoms with Crippen molar-refractivity contribution < 1.29 is 8.42 Å². The molecule has 0 amide bonds. The number of rotatable bonds is 3. The van der Waals surface area contributed by atoms with Gasteiger partial charge in [0.2, 0.25) is 0 Å².